The zero-order valence-corrected chi connectivity index (χ0v) is 10.0. The molecule has 1 rings (SSSR count). The number of aliphatic hydroxyl groups is 2. The Morgan fingerprint density at radius 3 is 1.57 bits per heavy atom. The minimum atomic E-state index is -1.04. The SMILES string of the molecule is CC1(C)O[C@](C)(CO)C(C)(O)C1(C)C. The second-order valence-electron chi connectivity index (χ2n) is 5.70. The Balaban J connectivity index is 3.25. The van der Waals surface area contributed by atoms with E-state index in [1.165, 1.54) is 0 Å². The fraction of sp³-hybridized carbons (Fsp3) is 1.00. The molecule has 3 heteroatoms. The number of rotatable bonds is 1. The maximum Gasteiger partial charge on any atom is 0.118 e. The highest BCUT2D eigenvalue weighted by Gasteiger charge is 2.67. The van der Waals surface area contributed by atoms with Crippen molar-refractivity contribution in [3.05, 3.63) is 0 Å². The van der Waals surface area contributed by atoms with E-state index >= 15 is 0 Å². The summed E-state index contributed by atoms with van der Waals surface area (Å²) < 4.78 is 5.82. The number of ether oxygens (including phenoxy) is 1. The van der Waals surface area contributed by atoms with E-state index in [0.29, 0.717) is 0 Å². The third-order valence-corrected chi connectivity index (χ3v) is 4.53. The van der Waals surface area contributed by atoms with Gasteiger partial charge in [-0.3, -0.25) is 0 Å². The summed E-state index contributed by atoms with van der Waals surface area (Å²) in [5.74, 6) is 0. The lowest BCUT2D eigenvalue weighted by molar-refractivity contribution is -0.154. The lowest BCUT2D eigenvalue weighted by Crippen LogP contribution is -2.56. The molecule has 0 aromatic rings. The smallest absolute Gasteiger partial charge is 0.118 e. The average molecular weight is 202 g/mol. The topological polar surface area (TPSA) is 49.7 Å². The molecule has 1 saturated heterocycles. The summed E-state index contributed by atoms with van der Waals surface area (Å²) in [6.07, 6.45) is 0. The van der Waals surface area contributed by atoms with Gasteiger partial charge < -0.3 is 14.9 Å². The van der Waals surface area contributed by atoms with Gasteiger partial charge in [0.1, 0.15) is 11.2 Å². The molecular weight excluding hydrogens is 180 g/mol. The van der Waals surface area contributed by atoms with Crippen LogP contribution in [-0.2, 0) is 4.74 Å². The van der Waals surface area contributed by atoms with Crippen molar-refractivity contribution in [2.75, 3.05) is 6.61 Å². The summed E-state index contributed by atoms with van der Waals surface area (Å²) in [5.41, 5.74) is -2.79. The molecule has 1 aliphatic rings. The van der Waals surface area contributed by atoms with Crippen LogP contribution in [0.4, 0.5) is 0 Å². The van der Waals surface area contributed by atoms with Gasteiger partial charge in [0, 0.05) is 5.41 Å². The van der Waals surface area contributed by atoms with Gasteiger partial charge in [0.05, 0.1) is 12.2 Å². The second-order valence-corrected chi connectivity index (χ2v) is 5.70. The van der Waals surface area contributed by atoms with E-state index in [1.54, 1.807) is 13.8 Å². The summed E-state index contributed by atoms with van der Waals surface area (Å²) in [7, 11) is 0. The first-order valence-corrected chi connectivity index (χ1v) is 5.05. The minimum Gasteiger partial charge on any atom is -0.393 e. The van der Waals surface area contributed by atoms with Crippen molar-refractivity contribution in [2.24, 2.45) is 5.41 Å². The third kappa shape index (κ3) is 1.09. The van der Waals surface area contributed by atoms with Gasteiger partial charge in [0.25, 0.3) is 0 Å². The summed E-state index contributed by atoms with van der Waals surface area (Å²) in [5, 5.41) is 19.8. The molecule has 2 atom stereocenters. The quantitative estimate of drug-likeness (QED) is 0.674. The van der Waals surface area contributed by atoms with Gasteiger partial charge >= 0.3 is 0 Å². The van der Waals surface area contributed by atoms with Crippen LogP contribution in [0.25, 0.3) is 0 Å². The van der Waals surface area contributed by atoms with Crippen molar-refractivity contribution >= 4 is 0 Å². The first kappa shape index (κ1) is 12.0. The van der Waals surface area contributed by atoms with E-state index < -0.39 is 22.2 Å². The molecule has 0 bridgehead atoms. The summed E-state index contributed by atoms with van der Waals surface area (Å²) in [6, 6.07) is 0. The highest BCUT2D eigenvalue weighted by Crippen LogP contribution is 2.56. The Morgan fingerprint density at radius 2 is 1.43 bits per heavy atom. The first-order chi connectivity index (χ1) is 6.02. The van der Waals surface area contributed by atoms with E-state index in [1.807, 2.05) is 27.7 Å². The summed E-state index contributed by atoms with van der Waals surface area (Å²) in [4.78, 5) is 0. The molecule has 1 unspecified atom stereocenters. The largest absolute Gasteiger partial charge is 0.393 e. The standard InChI is InChI=1S/C11H22O3/c1-8(2)9(3,4)14-10(5,7-12)11(8,6)13/h12-13H,7H2,1-6H3/t10-,11?/m1/s1. The summed E-state index contributed by atoms with van der Waals surface area (Å²) in [6.45, 7) is 11.1. The van der Waals surface area contributed by atoms with Gasteiger partial charge in [-0.25, -0.2) is 0 Å². The van der Waals surface area contributed by atoms with Crippen LogP contribution >= 0.6 is 0 Å². The van der Waals surface area contributed by atoms with E-state index in [0.717, 1.165) is 0 Å². The van der Waals surface area contributed by atoms with Gasteiger partial charge in [-0.05, 0) is 27.7 Å². The average Bonchev–Trinajstić information content (AvgIpc) is 2.09. The van der Waals surface area contributed by atoms with Gasteiger partial charge in [0.2, 0.25) is 0 Å². The highest BCUT2D eigenvalue weighted by molar-refractivity contribution is 5.16. The van der Waals surface area contributed by atoms with Crippen LogP contribution in [-0.4, -0.2) is 33.6 Å². The fourth-order valence-electron chi connectivity index (χ4n) is 2.22. The molecule has 3 nitrogen and oxygen atoms in total. The predicted molar refractivity (Wildman–Crippen MR) is 55.1 cm³/mol. The lowest BCUT2D eigenvalue weighted by Gasteiger charge is -2.42. The molecule has 0 aliphatic carbocycles. The lowest BCUT2D eigenvalue weighted by atomic mass is 9.64. The highest BCUT2D eigenvalue weighted by atomic mass is 16.6. The van der Waals surface area contributed by atoms with Crippen molar-refractivity contribution in [3.63, 3.8) is 0 Å². The Hall–Kier alpha value is -0.120. The maximum atomic E-state index is 10.5. The Labute approximate surface area is 86.1 Å². The van der Waals surface area contributed by atoms with Crippen LogP contribution in [0.15, 0.2) is 0 Å². The summed E-state index contributed by atoms with van der Waals surface area (Å²) >= 11 is 0. The predicted octanol–water partition coefficient (Wildman–Crippen LogP) is 1.32. The van der Waals surface area contributed by atoms with Crippen LogP contribution in [0, 0.1) is 5.41 Å². The number of hydrogen-bond donors (Lipinski definition) is 2. The molecule has 0 aromatic carbocycles. The molecule has 2 N–H and O–H groups in total. The molecule has 14 heavy (non-hydrogen) atoms. The molecule has 0 amide bonds. The van der Waals surface area contributed by atoms with Gasteiger partial charge in [-0.1, -0.05) is 13.8 Å². The molecule has 0 spiro atoms. The first-order valence-electron chi connectivity index (χ1n) is 5.05. The normalized spacial score (nSPS) is 45.4. The molecule has 1 heterocycles. The Kier molecular flexibility index (Phi) is 2.32. The van der Waals surface area contributed by atoms with Crippen molar-refractivity contribution in [1.29, 1.82) is 0 Å². The van der Waals surface area contributed by atoms with Crippen molar-refractivity contribution in [3.8, 4) is 0 Å². The van der Waals surface area contributed by atoms with Crippen LogP contribution in [0.2, 0.25) is 0 Å². The molecule has 1 aliphatic heterocycles. The van der Waals surface area contributed by atoms with E-state index in [9.17, 15) is 10.2 Å². The Bertz CT molecular complexity index is 243. The zero-order chi connectivity index (χ0) is 11.4. The van der Waals surface area contributed by atoms with Crippen LogP contribution in [0.1, 0.15) is 41.5 Å². The minimum absolute atomic E-state index is 0.174. The second kappa shape index (κ2) is 2.71. The molecule has 0 radical (unpaired) electrons. The van der Waals surface area contributed by atoms with E-state index in [2.05, 4.69) is 0 Å². The number of hydrogen-bond acceptors (Lipinski definition) is 3. The van der Waals surface area contributed by atoms with Crippen molar-refractivity contribution in [1.82, 2.24) is 0 Å². The Morgan fingerprint density at radius 1 is 1.00 bits per heavy atom. The zero-order valence-electron chi connectivity index (χ0n) is 10.0. The van der Waals surface area contributed by atoms with E-state index in [4.69, 9.17) is 4.74 Å². The van der Waals surface area contributed by atoms with Crippen molar-refractivity contribution in [2.45, 2.75) is 58.3 Å². The fourth-order valence-corrected chi connectivity index (χ4v) is 2.22. The van der Waals surface area contributed by atoms with Gasteiger partial charge in [-0.15, -0.1) is 0 Å². The van der Waals surface area contributed by atoms with Crippen molar-refractivity contribution < 1.29 is 14.9 Å². The molecule has 1 fully saturated rings. The number of aliphatic hydroxyl groups excluding tert-OH is 1. The van der Waals surface area contributed by atoms with Crippen LogP contribution in [0.3, 0.4) is 0 Å². The maximum absolute atomic E-state index is 10.5. The van der Waals surface area contributed by atoms with Crippen LogP contribution in [0.5, 0.6) is 0 Å². The monoisotopic (exact) mass is 202 g/mol. The third-order valence-electron chi connectivity index (χ3n) is 4.53. The van der Waals surface area contributed by atoms with E-state index in [-0.39, 0.29) is 6.61 Å². The molecule has 0 aromatic heterocycles. The van der Waals surface area contributed by atoms with Crippen LogP contribution < -0.4 is 0 Å². The molecule has 0 saturated carbocycles. The van der Waals surface area contributed by atoms with Gasteiger partial charge in [-0.2, -0.15) is 0 Å². The van der Waals surface area contributed by atoms with Gasteiger partial charge in [0.15, 0.2) is 0 Å². The molecular formula is C11H22O3. The molecule has 84 valence electrons.